The molecule has 0 radical (unpaired) electrons. The summed E-state index contributed by atoms with van der Waals surface area (Å²) in [6.45, 7) is 3.10. The second kappa shape index (κ2) is 10.3. The predicted molar refractivity (Wildman–Crippen MR) is 147 cm³/mol. The largest absolute Gasteiger partial charge is 0.360 e. The van der Waals surface area contributed by atoms with Gasteiger partial charge in [0.1, 0.15) is 0 Å². The topological polar surface area (TPSA) is 81.2 Å². The van der Waals surface area contributed by atoms with Crippen molar-refractivity contribution in [2.24, 2.45) is 0 Å². The molecule has 5 rings (SSSR count). The quantitative estimate of drug-likeness (QED) is 0.226. The maximum absolute atomic E-state index is 12.0. The highest BCUT2D eigenvalue weighted by atomic mass is 35.5. The third kappa shape index (κ3) is 5.70. The number of hydrogen-bond donors (Lipinski definition) is 0. The van der Waals surface area contributed by atoms with Crippen LogP contribution in [0.5, 0.6) is 0 Å². The number of thiophene rings is 1. The minimum absolute atomic E-state index is 0.299. The molecular formula is C27H25ClN4O3S2. The number of aromatic nitrogens is 3. The van der Waals surface area contributed by atoms with E-state index >= 15 is 0 Å². The molecule has 0 saturated carbocycles. The summed E-state index contributed by atoms with van der Waals surface area (Å²) in [5, 5.41) is 9.47. The number of rotatable bonds is 8. The lowest BCUT2D eigenvalue weighted by Crippen LogP contribution is -2.17. The summed E-state index contributed by atoms with van der Waals surface area (Å²) in [6, 6.07) is 22.6. The Morgan fingerprint density at radius 1 is 1.00 bits per heavy atom. The Balaban J connectivity index is 1.50. The SMILES string of the molecule is Cc1cc(CN(C)Cc2cc(-c3ccc(-c4cccc(S(C)(=O)=O)c4)s3)n(-c3ccccc3Cl)n2)on1. The van der Waals surface area contributed by atoms with Gasteiger partial charge < -0.3 is 4.52 Å². The van der Waals surface area contributed by atoms with Gasteiger partial charge in [0.15, 0.2) is 15.6 Å². The van der Waals surface area contributed by atoms with Crippen molar-refractivity contribution < 1.29 is 12.9 Å². The van der Waals surface area contributed by atoms with Gasteiger partial charge in [-0.1, -0.05) is 41.0 Å². The molecule has 0 N–H and O–H groups in total. The molecule has 5 aromatic rings. The third-order valence-electron chi connectivity index (χ3n) is 5.78. The first kappa shape index (κ1) is 25.4. The van der Waals surface area contributed by atoms with Gasteiger partial charge in [-0.2, -0.15) is 5.10 Å². The molecule has 10 heteroatoms. The van der Waals surface area contributed by atoms with Gasteiger partial charge in [-0.05, 0) is 62.0 Å². The van der Waals surface area contributed by atoms with Crippen LogP contribution < -0.4 is 0 Å². The summed E-state index contributed by atoms with van der Waals surface area (Å²) in [5.74, 6) is 0.796. The van der Waals surface area contributed by atoms with Crippen molar-refractivity contribution in [2.75, 3.05) is 13.3 Å². The molecule has 3 heterocycles. The van der Waals surface area contributed by atoms with Crippen molar-refractivity contribution in [3.63, 3.8) is 0 Å². The number of aryl methyl sites for hydroxylation is 1. The fourth-order valence-corrected chi connectivity index (χ4v) is 5.98. The van der Waals surface area contributed by atoms with Gasteiger partial charge in [0.25, 0.3) is 0 Å². The minimum atomic E-state index is -3.30. The number of halogens is 1. The second-order valence-corrected chi connectivity index (χ2v) is 12.5. The summed E-state index contributed by atoms with van der Waals surface area (Å²) in [6.07, 6.45) is 1.22. The van der Waals surface area contributed by atoms with E-state index in [-0.39, 0.29) is 0 Å². The normalized spacial score (nSPS) is 11.9. The highest BCUT2D eigenvalue weighted by Gasteiger charge is 2.18. The van der Waals surface area contributed by atoms with Crippen molar-refractivity contribution in [1.82, 2.24) is 19.8 Å². The number of para-hydroxylation sites is 1. The van der Waals surface area contributed by atoms with Gasteiger partial charge in [-0.25, -0.2) is 13.1 Å². The van der Waals surface area contributed by atoms with Crippen LogP contribution in [-0.4, -0.2) is 41.6 Å². The molecule has 0 aliphatic rings. The van der Waals surface area contributed by atoms with Crippen LogP contribution in [0.3, 0.4) is 0 Å². The first-order chi connectivity index (χ1) is 17.7. The van der Waals surface area contributed by atoms with Crippen molar-refractivity contribution in [1.29, 1.82) is 0 Å². The van der Waals surface area contributed by atoms with Gasteiger partial charge in [0, 0.05) is 23.7 Å². The minimum Gasteiger partial charge on any atom is -0.360 e. The monoisotopic (exact) mass is 552 g/mol. The second-order valence-electron chi connectivity index (χ2n) is 8.95. The van der Waals surface area contributed by atoms with Crippen molar-refractivity contribution >= 4 is 32.8 Å². The molecule has 0 bridgehead atoms. The van der Waals surface area contributed by atoms with Crippen LogP contribution in [0.15, 0.2) is 82.2 Å². The zero-order valence-corrected chi connectivity index (χ0v) is 22.9. The maximum atomic E-state index is 12.0. The van der Waals surface area contributed by atoms with E-state index in [1.165, 1.54) is 6.26 Å². The molecule has 0 aliphatic carbocycles. The van der Waals surface area contributed by atoms with Crippen LogP contribution in [0.1, 0.15) is 17.1 Å². The lowest BCUT2D eigenvalue weighted by atomic mass is 10.2. The van der Waals surface area contributed by atoms with E-state index in [9.17, 15) is 8.42 Å². The van der Waals surface area contributed by atoms with Crippen LogP contribution in [-0.2, 0) is 22.9 Å². The van der Waals surface area contributed by atoms with E-state index in [4.69, 9.17) is 21.2 Å². The molecule has 0 atom stereocenters. The molecule has 37 heavy (non-hydrogen) atoms. The summed E-state index contributed by atoms with van der Waals surface area (Å²) in [7, 11) is -1.29. The average Bonchev–Trinajstić information content (AvgIpc) is 3.59. The van der Waals surface area contributed by atoms with Gasteiger partial charge in [-0.15, -0.1) is 11.3 Å². The number of benzene rings is 2. The average molecular weight is 553 g/mol. The predicted octanol–water partition coefficient (Wildman–Crippen LogP) is 6.25. The van der Waals surface area contributed by atoms with Crippen LogP contribution in [0, 0.1) is 6.92 Å². The summed E-state index contributed by atoms with van der Waals surface area (Å²) in [5.41, 5.74) is 4.27. The molecule has 0 saturated heterocycles. The van der Waals surface area contributed by atoms with Gasteiger partial charge in [-0.3, -0.25) is 4.90 Å². The summed E-state index contributed by atoms with van der Waals surface area (Å²) >= 11 is 8.14. The van der Waals surface area contributed by atoms with E-state index in [2.05, 4.69) is 16.1 Å². The molecule has 190 valence electrons. The molecule has 0 unspecified atom stereocenters. The standard InChI is InChI=1S/C27H25ClN4O3S2/c1-18-13-21(35-30-18)17-31(2)16-20-15-25(32(29-20)24-10-5-4-9-23(24)28)27-12-11-26(36-27)19-7-6-8-22(14-19)37(3,33)34/h4-15H,16-17H2,1-3H3. The third-order valence-corrected chi connectivity index (χ3v) is 8.37. The van der Waals surface area contributed by atoms with Crippen LogP contribution in [0.4, 0.5) is 0 Å². The lowest BCUT2D eigenvalue weighted by Gasteiger charge is -2.12. The van der Waals surface area contributed by atoms with Crippen LogP contribution >= 0.6 is 22.9 Å². The van der Waals surface area contributed by atoms with E-state index in [1.807, 2.05) is 67.2 Å². The Bertz CT molecular complexity index is 1670. The van der Waals surface area contributed by atoms with E-state index < -0.39 is 9.84 Å². The van der Waals surface area contributed by atoms with Crippen LogP contribution in [0.2, 0.25) is 5.02 Å². The van der Waals surface area contributed by atoms with E-state index in [1.54, 1.807) is 29.5 Å². The van der Waals surface area contributed by atoms with E-state index in [0.29, 0.717) is 23.0 Å². The lowest BCUT2D eigenvalue weighted by molar-refractivity contribution is 0.263. The Labute approximate surface area is 224 Å². The molecule has 0 spiro atoms. The van der Waals surface area contributed by atoms with Crippen molar-refractivity contribution in [3.05, 3.63) is 95.0 Å². The zero-order chi connectivity index (χ0) is 26.2. The molecule has 3 aromatic heterocycles. The molecule has 0 aliphatic heterocycles. The van der Waals surface area contributed by atoms with Gasteiger partial charge in [0.2, 0.25) is 0 Å². The number of nitrogens with zero attached hydrogens (tertiary/aromatic N) is 4. The first-order valence-corrected chi connectivity index (χ1v) is 14.6. The summed E-state index contributed by atoms with van der Waals surface area (Å²) in [4.78, 5) is 4.37. The summed E-state index contributed by atoms with van der Waals surface area (Å²) < 4.78 is 31.3. The molecular weight excluding hydrogens is 528 g/mol. The molecule has 7 nitrogen and oxygen atoms in total. The van der Waals surface area contributed by atoms with Crippen molar-refractivity contribution in [3.8, 4) is 26.7 Å². The molecule has 2 aromatic carbocycles. The van der Waals surface area contributed by atoms with E-state index in [0.717, 1.165) is 43.8 Å². The Morgan fingerprint density at radius 3 is 2.51 bits per heavy atom. The Hall–Kier alpha value is -3.24. The molecule has 0 fully saturated rings. The maximum Gasteiger partial charge on any atom is 0.175 e. The smallest absolute Gasteiger partial charge is 0.175 e. The Morgan fingerprint density at radius 2 is 1.78 bits per heavy atom. The van der Waals surface area contributed by atoms with Gasteiger partial charge in [0.05, 0.1) is 44.1 Å². The van der Waals surface area contributed by atoms with Gasteiger partial charge >= 0.3 is 0 Å². The number of hydrogen-bond acceptors (Lipinski definition) is 7. The zero-order valence-electron chi connectivity index (χ0n) is 20.6. The van der Waals surface area contributed by atoms with Crippen molar-refractivity contribution in [2.45, 2.75) is 24.9 Å². The highest BCUT2D eigenvalue weighted by Crippen LogP contribution is 2.37. The Kier molecular flexibility index (Phi) is 7.04. The fourth-order valence-electron chi connectivity index (χ4n) is 4.09. The van der Waals surface area contributed by atoms with Crippen LogP contribution in [0.25, 0.3) is 26.7 Å². The number of sulfone groups is 1. The highest BCUT2D eigenvalue weighted by molar-refractivity contribution is 7.90. The first-order valence-electron chi connectivity index (χ1n) is 11.5. The molecule has 0 amide bonds. The fraction of sp³-hybridized carbons (Fsp3) is 0.185.